The Morgan fingerprint density at radius 3 is 2.53 bits per heavy atom. The summed E-state index contributed by atoms with van der Waals surface area (Å²) in [6.07, 6.45) is 4.29. The number of nitrogens with two attached hydrogens (primary N) is 1. The third-order valence-corrected chi connectivity index (χ3v) is 2.60. The van der Waals surface area contributed by atoms with Crippen LogP contribution in [-0.4, -0.2) is 16.0 Å². The number of hydrogen-bond donors (Lipinski definition) is 1. The van der Waals surface area contributed by atoms with Crippen molar-refractivity contribution in [2.45, 2.75) is 19.4 Å². The summed E-state index contributed by atoms with van der Waals surface area (Å²) in [5.41, 5.74) is 7.67. The highest BCUT2D eigenvalue weighted by molar-refractivity contribution is 6.30. The lowest BCUT2D eigenvalue weighted by Gasteiger charge is -2.05. The Morgan fingerprint density at radius 2 is 1.94 bits per heavy atom. The largest absolute Gasteiger partial charge is 0.328 e. The summed E-state index contributed by atoms with van der Waals surface area (Å²) < 4.78 is 0. The van der Waals surface area contributed by atoms with Crippen molar-refractivity contribution in [3.63, 3.8) is 0 Å². The van der Waals surface area contributed by atoms with E-state index in [9.17, 15) is 0 Å². The Hall–Kier alpha value is -1.45. The maximum Gasteiger partial charge on any atom is 0.129 e. The quantitative estimate of drug-likeness (QED) is 0.907. The minimum Gasteiger partial charge on any atom is -0.328 e. The van der Waals surface area contributed by atoms with Gasteiger partial charge in [-0.15, -0.1) is 0 Å². The average molecular weight is 248 g/mol. The molecule has 0 bridgehead atoms. The number of aromatic nitrogens is 2. The van der Waals surface area contributed by atoms with Gasteiger partial charge in [-0.2, -0.15) is 0 Å². The van der Waals surface area contributed by atoms with Crippen LogP contribution in [0.3, 0.4) is 0 Å². The predicted molar refractivity (Wildman–Crippen MR) is 69.8 cm³/mol. The highest BCUT2D eigenvalue weighted by Gasteiger charge is 2.03. The van der Waals surface area contributed by atoms with E-state index >= 15 is 0 Å². The molecular weight excluding hydrogens is 234 g/mol. The van der Waals surface area contributed by atoms with Crippen molar-refractivity contribution in [2.75, 3.05) is 0 Å². The molecule has 1 heterocycles. The van der Waals surface area contributed by atoms with Gasteiger partial charge in [0, 0.05) is 35.4 Å². The van der Waals surface area contributed by atoms with Gasteiger partial charge in [0.15, 0.2) is 0 Å². The summed E-state index contributed by atoms with van der Waals surface area (Å²) >= 11 is 5.94. The molecule has 2 N–H and O–H groups in total. The lowest BCUT2D eigenvalue weighted by atomic mass is 10.1. The summed E-state index contributed by atoms with van der Waals surface area (Å²) in [5.74, 6) is 0.769. The van der Waals surface area contributed by atoms with Crippen LogP contribution in [0.4, 0.5) is 0 Å². The molecular formula is C13H14ClN3. The standard InChI is InChI=1S/C13H14ClN3/c1-9(15)5-13-16-7-11(8-17-13)10-3-2-4-12(14)6-10/h2-4,6-9H,5,15H2,1H3. The first-order valence-electron chi connectivity index (χ1n) is 5.47. The van der Waals surface area contributed by atoms with E-state index < -0.39 is 0 Å². The van der Waals surface area contributed by atoms with Crippen LogP contribution in [-0.2, 0) is 6.42 Å². The zero-order valence-corrected chi connectivity index (χ0v) is 10.4. The molecule has 2 aromatic rings. The normalized spacial score (nSPS) is 12.4. The smallest absolute Gasteiger partial charge is 0.129 e. The van der Waals surface area contributed by atoms with E-state index in [1.165, 1.54) is 0 Å². The number of benzene rings is 1. The molecule has 0 radical (unpaired) electrons. The maximum atomic E-state index is 5.94. The Labute approximate surface area is 106 Å². The molecule has 1 atom stereocenters. The number of hydrogen-bond acceptors (Lipinski definition) is 3. The molecule has 0 aliphatic rings. The van der Waals surface area contributed by atoms with Gasteiger partial charge >= 0.3 is 0 Å². The molecule has 0 aliphatic carbocycles. The van der Waals surface area contributed by atoms with Gasteiger partial charge in [0.1, 0.15) is 5.82 Å². The molecule has 88 valence electrons. The second-order valence-electron chi connectivity index (χ2n) is 4.08. The Balaban J connectivity index is 2.23. The van der Waals surface area contributed by atoms with Gasteiger partial charge in [0.25, 0.3) is 0 Å². The zero-order chi connectivity index (χ0) is 12.3. The summed E-state index contributed by atoms with van der Waals surface area (Å²) in [4.78, 5) is 8.58. The Kier molecular flexibility index (Phi) is 3.71. The first-order valence-corrected chi connectivity index (χ1v) is 5.85. The number of halogens is 1. The van der Waals surface area contributed by atoms with Gasteiger partial charge in [0.2, 0.25) is 0 Å². The lowest BCUT2D eigenvalue weighted by Crippen LogP contribution is -2.19. The minimum atomic E-state index is 0.0759. The molecule has 1 aromatic carbocycles. The Morgan fingerprint density at radius 1 is 1.24 bits per heavy atom. The molecule has 2 rings (SSSR count). The van der Waals surface area contributed by atoms with E-state index in [2.05, 4.69) is 9.97 Å². The minimum absolute atomic E-state index is 0.0759. The molecule has 0 aliphatic heterocycles. The molecule has 0 saturated carbocycles. The summed E-state index contributed by atoms with van der Waals surface area (Å²) in [6, 6.07) is 7.71. The van der Waals surface area contributed by atoms with Crippen LogP contribution in [0.25, 0.3) is 11.1 Å². The van der Waals surface area contributed by atoms with Crippen molar-refractivity contribution in [1.29, 1.82) is 0 Å². The third-order valence-electron chi connectivity index (χ3n) is 2.37. The van der Waals surface area contributed by atoms with Crippen molar-refractivity contribution in [3.8, 4) is 11.1 Å². The average Bonchev–Trinajstić information content (AvgIpc) is 2.29. The van der Waals surface area contributed by atoms with E-state index in [4.69, 9.17) is 17.3 Å². The molecule has 0 fully saturated rings. The van der Waals surface area contributed by atoms with Gasteiger partial charge in [-0.05, 0) is 24.6 Å². The van der Waals surface area contributed by atoms with E-state index in [1.54, 1.807) is 12.4 Å². The molecule has 0 spiro atoms. The van der Waals surface area contributed by atoms with Gasteiger partial charge < -0.3 is 5.73 Å². The van der Waals surface area contributed by atoms with Crippen LogP contribution in [0, 0.1) is 0 Å². The molecule has 1 unspecified atom stereocenters. The van der Waals surface area contributed by atoms with Gasteiger partial charge in [0.05, 0.1) is 0 Å². The van der Waals surface area contributed by atoms with Crippen molar-refractivity contribution in [3.05, 3.63) is 47.5 Å². The number of nitrogens with zero attached hydrogens (tertiary/aromatic N) is 2. The highest BCUT2D eigenvalue weighted by Crippen LogP contribution is 2.21. The van der Waals surface area contributed by atoms with Crippen LogP contribution in [0.5, 0.6) is 0 Å². The van der Waals surface area contributed by atoms with Crippen molar-refractivity contribution in [1.82, 2.24) is 9.97 Å². The molecule has 17 heavy (non-hydrogen) atoms. The monoisotopic (exact) mass is 247 g/mol. The van der Waals surface area contributed by atoms with E-state index in [1.807, 2.05) is 31.2 Å². The summed E-state index contributed by atoms with van der Waals surface area (Å²) in [5, 5.41) is 0.710. The molecule has 1 aromatic heterocycles. The molecule has 4 heteroatoms. The van der Waals surface area contributed by atoms with Crippen LogP contribution >= 0.6 is 11.6 Å². The molecule has 3 nitrogen and oxygen atoms in total. The third kappa shape index (κ3) is 3.25. The van der Waals surface area contributed by atoms with Crippen LogP contribution in [0.15, 0.2) is 36.7 Å². The summed E-state index contributed by atoms with van der Waals surface area (Å²) in [7, 11) is 0. The van der Waals surface area contributed by atoms with Crippen LogP contribution < -0.4 is 5.73 Å². The van der Waals surface area contributed by atoms with Gasteiger partial charge in [-0.25, -0.2) is 9.97 Å². The Bertz CT molecular complexity index is 494. The van der Waals surface area contributed by atoms with Gasteiger partial charge in [-0.1, -0.05) is 23.7 Å². The fraction of sp³-hybridized carbons (Fsp3) is 0.231. The van der Waals surface area contributed by atoms with E-state index in [0.717, 1.165) is 17.0 Å². The van der Waals surface area contributed by atoms with Gasteiger partial charge in [-0.3, -0.25) is 0 Å². The topological polar surface area (TPSA) is 51.8 Å². The first kappa shape index (κ1) is 12.0. The second kappa shape index (κ2) is 5.25. The highest BCUT2D eigenvalue weighted by atomic mass is 35.5. The van der Waals surface area contributed by atoms with Crippen molar-refractivity contribution in [2.24, 2.45) is 5.73 Å². The van der Waals surface area contributed by atoms with Crippen molar-refractivity contribution < 1.29 is 0 Å². The zero-order valence-electron chi connectivity index (χ0n) is 9.60. The SMILES string of the molecule is CC(N)Cc1ncc(-c2cccc(Cl)c2)cn1. The second-order valence-corrected chi connectivity index (χ2v) is 4.52. The van der Waals surface area contributed by atoms with Crippen LogP contribution in [0.2, 0.25) is 5.02 Å². The molecule has 0 amide bonds. The van der Waals surface area contributed by atoms with E-state index in [0.29, 0.717) is 11.4 Å². The molecule has 0 saturated heterocycles. The first-order chi connectivity index (χ1) is 8.15. The van der Waals surface area contributed by atoms with Crippen molar-refractivity contribution >= 4 is 11.6 Å². The lowest BCUT2D eigenvalue weighted by molar-refractivity contribution is 0.702. The number of rotatable bonds is 3. The fourth-order valence-corrected chi connectivity index (χ4v) is 1.76. The van der Waals surface area contributed by atoms with E-state index in [-0.39, 0.29) is 6.04 Å². The fourth-order valence-electron chi connectivity index (χ4n) is 1.57. The summed E-state index contributed by atoms with van der Waals surface area (Å²) in [6.45, 7) is 1.94. The maximum absolute atomic E-state index is 5.94. The van der Waals surface area contributed by atoms with Crippen LogP contribution in [0.1, 0.15) is 12.7 Å². The predicted octanol–water partition coefficient (Wildman–Crippen LogP) is 2.69.